The molecule has 0 aromatic rings. The van der Waals surface area contributed by atoms with Crippen LogP contribution < -0.4 is 10.0 Å². The van der Waals surface area contributed by atoms with Crippen LogP contribution in [0.1, 0.15) is 0 Å². The number of nitrogens with one attached hydrogen (secondary N) is 2. The van der Waals surface area contributed by atoms with E-state index in [2.05, 4.69) is 10.0 Å². The minimum atomic E-state index is -0.245. The fraction of sp³-hybridized carbons (Fsp3) is 0.100. The maximum atomic E-state index is 11.4. The number of carbonyl (C=O) groups excluding carboxylic acids is 1. The SMILES string of the molecule is O=C1C=CC=CC1NC1=CC=CSN1. The second-order valence-electron chi connectivity index (χ2n) is 2.90. The van der Waals surface area contributed by atoms with Crippen molar-refractivity contribution in [1.29, 1.82) is 0 Å². The lowest BCUT2D eigenvalue weighted by atomic mass is 10.1. The molecule has 1 aliphatic heterocycles. The van der Waals surface area contributed by atoms with E-state index in [0.717, 1.165) is 5.82 Å². The van der Waals surface area contributed by atoms with E-state index in [0.29, 0.717) is 0 Å². The molecule has 1 atom stereocenters. The van der Waals surface area contributed by atoms with E-state index in [1.54, 1.807) is 12.2 Å². The number of ketones is 1. The van der Waals surface area contributed by atoms with Crippen molar-refractivity contribution in [2.75, 3.05) is 0 Å². The summed E-state index contributed by atoms with van der Waals surface area (Å²) < 4.78 is 3.06. The van der Waals surface area contributed by atoms with E-state index in [9.17, 15) is 4.79 Å². The molecule has 14 heavy (non-hydrogen) atoms. The van der Waals surface area contributed by atoms with Crippen LogP contribution in [0.25, 0.3) is 0 Å². The minimum Gasteiger partial charge on any atom is -0.358 e. The van der Waals surface area contributed by atoms with Crippen molar-refractivity contribution in [2.45, 2.75) is 6.04 Å². The van der Waals surface area contributed by atoms with Crippen LogP contribution >= 0.6 is 11.9 Å². The summed E-state index contributed by atoms with van der Waals surface area (Å²) in [5.74, 6) is 0.936. The zero-order chi connectivity index (χ0) is 9.80. The molecule has 1 aliphatic carbocycles. The fourth-order valence-corrected chi connectivity index (χ4v) is 1.67. The van der Waals surface area contributed by atoms with Gasteiger partial charge in [0.1, 0.15) is 11.9 Å². The van der Waals surface area contributed by atoms with E-state index in [4.69, 9.17) is 0 Å². The van der Waals surface area contributed by atoms with Gasteiger partial charge in [0.2, 0.25) is 0 Å². The molecule has 72 valence electrons. The zero-order valence-electron chi connectivity index (χ0n) is 7.44. The summed E-state index contributed by atoms with van der Waals surface area (Å²) in [6, 6.07) is -0.245. The molecule has 1 heterocycles. The van der Waals surface area contributed by atoms with Gasteiger partial charge in [-0.25, -0.2) is 0 Å². The number of hydrogen-bond donors (Lipinski definition) is 2. The Morgan fingerprint density at radius 2 is 2.29 bits per heavy atom. The minimum absolute atomic E-state index is 0.0785. The highest BCUT2D eigenvalue weighted by Crippen LogP contribution is 2.08. The summed E-state index contributed by atoms with van der Waals surface area (Å²) in [5.41, 5.74) is 0. The molecule has 4 heteroatoms. The summed E-state index contributed by atoms with van der Waals surface area (Å²) in [4.78, 5) is 11.4. The molecule has 0 spiro atoms. The van der Waals surface area contributed by atoms with Crippen molar-refractivity contribution in [3.63, 3.8) is 0 Å². The lowest BCUT2D eigenvalue weighted by molar-refractivity contribution is -0.115. The van der Waals surface area contributed by atoms with Gasteiger partial charge < -0.3 is 10.0 Å². The van der Waals surface area contributed by atoms with Crippen LogP contribution in [-0.2, 0) is 4.79 Å². The van der Waals surface area contributed by atoms with E-state index in [1.165, 1.54) is 11.9 Å². The average molecular weight is 206 g/mol. The highest BCUT2D eigenvalue weighted by molar-refractivity contribution is 8.00. The van der Waals surface area contributed by atoms with Gasteiger partial charge in [0.05, 0.1) is 0 Å². The monoisotopic (exact) mass is 206 g/mol. The van der Waals surface area contributed by atoms with Crippen LogP contribution in [-0.4, -0.2) is 11.8 Å². The summed E-state index contributed by atoms with van der Waals surface area (Å²) in [6.07, 6.45) is 10.9. The molecular weight excluding hydrogens is 196 g/mol. The van der Waals surface area contributed by atoms with Crippen LogP contribution in [0.4, 0.5) is 0 Å². The van der Waals surface area contributed by atoms with Crippen LogP contribution in [0.5, 0.6) is 0 Å². The third-order valence-electron chi connectivity index (χ3n) is 1.87. The van der Waals surface area contributed by atoms with Crippen molar-refractivity contribution in [3.8, 4) is 0 Å². The van der Waals surface area contributed by atoms with Crippen molar-refractivity contribution in [1.82, 2.24) is 10.0 Å². The van der Waals surface area contributed by atoms with Crippen LogP contribution in [0.15, 0.2) is 47.7 Å². The van der Waals surface area contributed by atoms with Gasteiger partial charge in [0.15, 0.2) is 5.78 Å². The molecule has 0 aromatic heterocycles. The van der Waals surface area contributed by atoms with Crippen molar-refractivity contribution < 1.29 is 4.79 Å². The molecule has 0 aromatic carbocycles. The van der Waals surface area contributed by atoms with Gasteiger partial charge in [0, 0.05) is 0 Å². The Kier molecular flexibility index (Phi) is 2.74. The Morgan fingerprint density at radius 3 is 3.00 bits per heavy atom. The number of allylic oxidation sites excluding steroid dienone is 4. The van der Waals surface area contributed by atoms with Crippen molar-refractivity contribution in [2.24, 2.45) is 0 Å². The molecule has 0 saturated carbocycles. The summed E-state index contributed by atoms with van der Waals surface area (Å²) in [6.45, 7) is 0. The molecule has 2 aliphatic rings. The number of carbonyl (C=O) groups is 1. The van der Waals surface area contributed by atoms with Gasteiger partial charge in [0.25, 0.3) is 0 Å². The third-order valence-corrected chi connectivity index (χ3v) is 2.50. The van der Waals surface area contributed by atoms with E-state index in [-0.39, 0.29) is 11.8 Å². The first-order chi connectivity index (χ1) is 6.86. The zero-order valence-corrected chi connectivity index (χ0v) is 8.25. The predicted octanol–water partition coefficient (Wildman–Crippen LogP) is 1.25. The highest BCUT2D eigenvalue weighted by Gasteiger charge is 2.15. The van der Waals surface area contributed by atoms with Gasteiger partial charge in [-0.1, -0.05) is 24.3 Å². The van der Waals surface area contributed by atoms with Crippen molar-refractivity contribution in [3.05, 3.63) is 47.7 Å². The highest BCUT2D eigenvalue weighted by atomic mass is 32.2. The predicted molar refractivity (Wildman–Crippen MR) is 58.2 cm³/mol. The first-order valence-corrected chi connectivity index (χ1v) is 5.18. The third kappa shape index (κ3) is 2.09. The summed E-state index contributed by atoms with van der Waals surface area (Å²) in [7, 11) is 0. The number of hydrogen-bond acceptors (Lipinski definition) is 4. The standard InChI is InChI=1S/C10H10N2OS/c13-9-5-2-1-4-8(9)11-10-6-3-7-14-12-10/h1-8,11-12H. The molecule has 0 bridgehead atoms. The summed E-state index contributed by atoms with van der Waals surface area (Å²) >= 11 is 1.48. The lowest BCUT2D eigenvalue weighted by Gasteiger charge is -2.19. The number of rotatable bonds is 2. The van der Waals surface area contributed by atoms with Crippen molar-refractivity contribution >= 4 is 17.7 Å². The normalized spacial score (nSPS) is 24.4. The first kappa shape index (κ1) is 9.15. The quantitative estimate of drug-likeness (QED) is 0.667. The molecular formula is C10H10N2OS. The molecule has 2 rings (SSSR count). The molecule has 3 nitrogen and oxygen atoms in total. The smallest absolute Gasteiger partial charge is 0.181 e. The van der Waals surface area contributed by atoms with Gasteiger partial charge in [-0.2, -0.15) is 0 Å². The molecule has 0 amide bonds. The fourth-order valence-electron chi connectivity index (χ4n) is 1.19. The van der Waals surface area contributed by atoms with Gasteiger partial charge in [-0.3, -0.25) is 4.79 Å². The first-order valence-electron chi connectivity index (χ1n) is 4.30. The maximum Gasteiger partial charge on any atom is 0.181 e. The molecule has 1 unspecified atom stereocenters. The van der Waals surface area contributed by atoms with Crippen LogP contribution in [0.3, 0.4) is 0 Å². The van der Waals surface area contributed by atoms with Crippen LogP contribution in [0, 0.1) is 0 Å². The molecule has 0 saturated heterocycles. The molecule has 0 fully saturated rings. The molecule has 2 N–H and O–H groups in total. The Labute approximate surface area is 86.8 Å². The Morgan fingerprint density at radius 1 is 1.36 bits per heavy atom. The summed E-state index contributed by atoms with van der Waals surface area (Å²) in [5, 5.41) is 5.03. The second-order valence-corrected chi connectivity index (χ2v) is 3.61. The van der Waals surface area contributed by atoms with Gasteiger partial charge >= 0.3 is 0 Å². The topological polar surface area (TPSA) is 41.1 Å². The lowest BCUT2D eigenvalue weighted by Crippen LogP contribution is -2.37. The Hall–Kier alpha value is -1.42. The average Bonchev–Trinajstić information content (AvgIpc) is 2.23. The van der Waals surface area contributed by atoms with E-state index < -0.39 is 0 Å². The van der Waals surface area contributed by atoms with E-state index in [1.807, 2.05) is 29.7 Å². The second kappa shape index (κ2) is 4.19. The van der Waals surface area contributed by atoms with Gasteiger partial charge in [-0.15, -0.1) is 0 Å². The van der Waals surface area contributed by atoms with Crippen LogP contribution in [0.2, 0.25) is 0 Å². The maximum absolute atomic E-state index is 11.4. The molecule has 0 radical (unpaired) electrons. The van der Waals surface area contributed by atoms with Gasteiger partial charge in [-0.05, 0) is 29.5 Å². The Bertz CT molecular complexity index is 355. The largest absolute Gasteiger partial charge is 0.358 e. The Balaban J connectivity index is 2.00. The van der Waals surface area contributed by atoms with E-state index >= 15 is 0 Å².